The molecule has 0 amide bonds. The van der Waals surface area contributed by atoms with Crippen molar-refractivity contribution in [2.75, 3.05) is 13.2 Å². The topological polar surface area (TPSA) is 52.6 Å². The third kappa shape index (κ3) is 8.79. The molecule has 1 rings (SSSR count). The molecule has 4 heteroatoms. The summed E-state index contributed by atoms with van der Waals surface area (Å²) < 4.78 is 11.3. The van der Waals surface area contributed by atoms with Crippen LogP contribution in [0, 0.1) is 23.7 Å². The molecule has 0 aliphatic heterocycles. The van der Waals surface area contributed by atoms with Gasteiger partial charge in [0.1, 0.15) is 0 Å². The van der Waals surface area contributed by atoms with Gasteiger partial charge in [-0.25, -0.2) is 0 Å². The van der Waals surface area contributed by atoms with Crippen molar-refractivity contribution in [2.24, 2.45) is 23.7 Å². The minimum absolute atomic E-state index is 0.237. The minimum Gasteiger partial charge on any atom is -0.465 e. The lowest BCUT2D eigenvalue weighted by molar-refractivity contribution is -0.162. The molecule has 0 aromatic rings. The maximum Gasteiger partial charge on any atom is 0.310 e. The van der Waals surface area contributed by atoms with Gasteiger partial charge in [0.15, 0.2) is 0 Å². The van der Waals surface area contributed by atoms with E-state index < -0.39 is 11.8 Å². The lowest BCUT2D eigenvalue weighted by Crippen LogP contribution is -2.35. The van der Waals surface area contributed by atoms with Gasteiger partial charge in [-0.05, 0) is 37.5 Å². The van der Waals surface area contributed by atoms with E-state index in [1.807, 2.05) is 12.2 Å². The van der Waals surface area contributed by atoms with Crippen molar-refractivity contribution >= 4 is 11.9 Å². The molecule has 0 fully saturated rings. The first-order valence-electron chi connectivity index (χ1n) is 11.5. The number of hydrogen-bond donors (Lipinski definition) is 0. The first-order valence-corrected chi connectivity index (χ1v) is 11.5. The van der Waals surface area contributed by atoms with Gasteiger partial charge in [0.25, 0.3) is 0 Å². The SMILES string of the molecule is CCCCC(CC)COC(=O)[C@H]1CC=CC[C@H]1C(=O)OCC(CC)CCCC. The molecule has 0 aromatic heterocycles. The average Bonchev–Trinajstić information content (AvgIpc) is 2.73. The highest BCUT2D eigenvalue weighted by Gasteiger charge is 2.36. The molecule has 0 saturated heterocycles. The Balaban J connectivity index is 2.56. The third-order valence-electron chi connectivity index (χ3n) is 6.05. The van der Waals surface area contributed by atoms with Crippen LogP contribution in [-0.4, -0.2) is 25.2 Å². The van der Waals surface area contributed by atoms with Crippen LogP contribution in [0.1, 0.15) is 91.9 Å². The Hall–Kier alpha value is -1.32. The van der Waals surface area contributed by atoms with Crippen molar-refractivity contribution in [3.63, 3.8) is 0 Å². The van der Waals surface area contributed by atoms with Gasteiger partial charge in [-0.15, -0.1) is 0 Å². The fourth-order valence-corrected chi connectivity index (χ4v) is 3.75. The highest BCUT2D eigenvalue weighted by molar-refractivity contribution is 5.82. The molecule has 2 unspecified atom stereocenters. The van der Waals surface area contributed by atoms with E-state index in [-0.39, 0.29) is 11.9 Å². The van der Waals surface area contributed by atoms with Gasteiger partial charge in [0, 0.05) is 0 Å². The van der Waals surface area contributed by atoms with E-state index in [1.54, 1.807) is 0 Å². The normalized spacial score (nSPS) is 21.1. The second-order valence-corrected chi connectivity index (χ2v) is 8.25. The third-order valence-corrected chi connectivity index (χ3v) is 6.05. The summed E-state index contributed by atoms with van der Waals surface area (Å²) in [6.45, 7) is 9.56. The Morgan fingerprint density at radius 2 is 1.18 bits per heavy atom. The number of hydrogen-bond acceptors (Lipinski definition) is 4. The zero-order chi connectivity index (χ0) is 20.8. The fraction of sp³-hybridized carbons (Fsp3) is 0.833. The number of carbonyl (C=O) groups excluding carboxylic acids is 2. The van der Waals surface area contributed by atoms with Crippen LogP contribution in [0.15, 0.2) is 12.2 Å². The average molecular weight is 395 g/mol. The second-order valence-electron chi connectivity index (χ2n) is 8.25. The second kappa shape index (κ2) is 14.6. The first kappa shape index (κ1) is 24.7. The van der Waals surface area contributed by atoms with E-state index in [0.717, 1.165) is 51.4 Å². The van der Waals surface area contributed by atoms with Crippen molar-refractivity contribution in [1.82, 2.24) is 0 Å². The van der Waals surface area contributed by atoms with Gasteiger partial charge in [-0.3, -0.25) is 9.59 Å². The highest BCUT2D eigenvalue weighted by atomic mass is 16.5. The van der Waals surface area contributed by atoms with E-state index in [2.05, 4.69) is 27.7 Å². The molecule has 1 aliphatic carbocycles. The van der Waals surface area contributed by atoms with E-state index in [0.29, 0.717) is 37.9 Å². The molecule has 0 N–H and O–H groups in total. The van der Waals surface area contributed by atoms with Crippen LogP contribution in [0.2, 0.25) is 0 Å². The number of allylic oxidation sites excluding steroid dienone is 2. The van der Waals surface area contributed by atoms with E-state index in [9.17, 15) is 9.59 Å². The Kier molecular flexibility index (Phi) is 12.9. The van der Waals surface area contributed by atoms with Crippen LogP contribution >= 0.6 is 0 Å². The Bertz CT molecular complexity index is 429. The van der Waals surface area contributed by atoms with Gasteiger partial charge in [0.2, 0.25) is 0 Å². The summed E-state index contributed by atoms with van der Waals surface area (Å²) in [6, 6.07) is 0. The lowest BCUT2D eigenvalue weighted by atomic mass is 9.83. The Labute approximate surface area is 172 Å². The van der Waals surface area contributed by atoms with Crippen LogP contribution in [0.25, 0.3) is 0 Å². The molecule has 0 saturated carbocycles. The summed E-state index contributed by atoms with van der Waals surface area (Å²) in [6.07, 6.45) is 13.9. The molecule has 0 heterocycles. The Morgan fingerprint density at radius 3 is 1.50 bits per heavy atom. The monoisotopic (exact) mass is 394 g/mol. The van der Waals surface area contributed by atoms with Gasteiger partial charge in [0.05, 0.1) is 25.0 Å². The standard InChI is InChI=1S/C24H42O4/c1-5-9-13-19(7-3)17-27-23(25)21-15-11-12-16-22(21)24(26)28-18-20(8-4)14-10-6-2/h11-12,19-22H,5-10,13-18H2,1-4H3/t19?,20?,21-,22+. The molecule has 0 radical (unpaired) electrons. The molecule has 0 bridgehead atoms. The minimum atomic E-state index is -0.406. The molecule has 4 atom stereocenters. The summed E-state index contributed by atoms with van der Waals surface area (Å²) in [5.74, 6) is -0.457. The largest absolute Gasteiger partial charge is 0.465 e. The summed E-state index contributed by atoms with van der Waals surface area (Å²) in [5, 5.41) is 0. The predicted molar refractivity (Wildman–Crippen MR) is 114 cm³/mol. The molecular weight excluding hydrogens is 352 g/mol. The van der Waals surface area contributed by atoms with Crippen LogP contribution < -0.4 is 0 Å². The number of ether oxygens (including phenoxy) is 2. The van der Waals surface area contributed by atoms with Crippen molar-refractivity contribution in [3.05, 3.63) is 12.2 Å². The molecule has 162 valence electrons. The summed E-state index contributed by atoms with van der Waals surface area (Å²) in [4.78, 5) is 25.4. The number of carbonyl (C=O) groups is 2. The molecule has 1 aliphatic rings. The van der Waals surface area contributed by atoms with Gasteiger partial charge in [-0.2, -0.15) is 0 Å². The van der Waals surface area contributed by atoms with Crippen LogP contribution in [-0.2, 0) is 19.1 Å². The first-order chi connectivity index (χ1) is 13.6. The summed E-state index contributed by atoms with van der Waals surface area (Å²) in [5.41, 5.74) is 0. The predicted octanol–water partition coefficient (Wildman–Crippen LogP) is 6.09. The zero-order valence-corrected chi connectivity index (χ0v) is 18.6. The van der Waals surface area contributed by atoms with Crippen molar-refractivity contribution < 1.29 is 19.1 Å². The summed E-state index contributed by atoms with van der Waals surface area (Å²) in [7, 11) is 0. The van der Waals surface area contributed by atoms with E-state index >= 15 is 0 Å². The number of rotatable bonds is 14. The molecule has 0 spiro atoms. The summed E-state index contributed by atoms with van der Waals surface area (Å²) >= 11 is 0. The lowest BCUT2D eigenvalue weighted by Gasteiger charge is -2.27. The zero-order valence-electron chi connectivity index (χ0n) is 18.6. The van der Waals surface area contributed by atoms with Crippen LogP contribution in [0.3, 0.4) is 0 Å². The van der Waals surface area contributed by atoms with Crippen LogP contribution in [0.4, 0.5) is 0 Å². The molecule has 28 heavy (non-hydrogen) atoms. The maximum atomic E-state index is 12.7. The number of esters is 2. The Morgan fingerprint density at radius 1 is 0.786 bits per heavy atom. The van der Waals surface area contributed by atoms with Gasteiger partial charge in [-0.1, -0.05) is 78.4 Å². The molecule has 4 nitrogen and oxygen atoms in total. The van der Waals surface area contributed by atoms with E-state index in [4.69, 9.17) is 9.47 Å². The van der Waals surface area contributed by atoms with Crippen molar-refractivity contribution in [1.29, 1.82) is 0 Å². The quantitative estimate of drug-likeness (QED) is 0.264. The fourth-order valence-electron chi connectivity index (χ4n) is 3.75. The highest BCUT2D eigenvalue weighted by Crippen LogP contribution is 2.29. The van der Waals surface area contributed by atoms with Gasteiger partial charge < -0.3 is 9.47 Å². The van der Waals surface area contributed by atoms with Crippen molar-refractivity contribution in [3.8, 4) is 0 Å². The van der Waals surface area contributed by atoms with Crippen molar-refractivity contribution in [2.45, 2.75) is 91.9 Å². The smallest absolute Gasteiger partial charge is 0.310 e. The number of unbranched alkanes of at least 4 members (excludes halogenated alkanes) is 2. The van der Waals surface area contributed by atoms with Gasteiger partial charge >= 0.3 is 11.9 Å². The molecule has 0 aromatic carbocycles. The maximum absolute atomic E-state index is 12.7. The molecular formula is C24H42O4. The van der Waals surface area contributed by atoms with Crippen LogP contribution in [0.5, 0.6) is 0 Å². The van der Waals surface area contributed by atoms with E-state index in [1.165, 1.54) is 0 Å².